The zero-order valence-corrected chi connectivity index (χ0v) is 15.8. The second-order valence-electron chi connectivity index (χ2n) is 7.92. The molecule has 0 radical (unpaired) electrons. The number of nitrogens with zero attached hydrogens (tertiary/aromatic N) is 1. The first-order valence-electron chi connectivity index (χ1n) is 9.54. The molecule has 0 unspecified atom stereocenters. The fraction of sp³-hybridized carbons (Fsp3) is 0.667. The number of aryl methyl sites for hydroxylation is 1. The van der Waals surface area contributed by atoms with Gasteiger partial charge in [-0.15, -0.1) is 0 Å². The highest BCUT2D eigenvalue weighted by Gasteiger charge is 2.42. The minimum atomic E-state index is -0.115. The van der Waals surface area contributed by atoms with E-state index in [-0.39, 0.29) is 17.4 Å². The molecule has 0 bridgehead atoms. The Hall–Kier alpha value is -1.39. The normalized spacial score (nSPS) is 27.5. The largest absolute Gasteiger partial charge is 0.378 e. The molecule has 2 atom stereocenters. The van der Waals surface area contributed by atoms with Crippen LogP contribution in [0.25, 0.3) is 0 Å². The maximum atomic E-state index is 13.0. The number of morpholine rings is 1. The number of ether oxygens (including phenoxy) is 2. The molecule has 0 aromatic heterocycles. The van der Waals surface area contributed by atoms with Gasteiger partial charge in [0.15, 0.2) is 0 Å². The van der Waals surface area contributed by atoms with E-state index >= 15 is 0 Å². The van der Waals surface area contributed by atoms with Gasteiger partial charge in [-0.1, -0.05) is 43.7 Å². The summed E-state index contributed by atoms with van der Waals surface area (Å²) < 4.78 is 11.4. The summed E-state index contributed by atoms with van der Waals surface area (Å²) in [6, 6.07) is 8.75. The first-order valence-corrected chi connectivity index (χ1v) is 9.54. The molecular formula is C21H31NO3. The molecular weight excluding hydrogens is 314 g/mol. The summed E-state index contributed by atoms with van der Waals surface area (Å²) >= 11 is 0. The van der Waals surface area contributed by atoms with Crippen LogP contribution in [-0.2, 0) is 19.7 Å². The lowest BCUT2D eigenvalue weighted by Crippen LogP contribution is -2.47. The minimum absolute atomic E-state index is 0.115. The average Bonchev–Trinajstić information content (AvgIpc) is 2.63. The predicted molar refractivity (Wildman–Crippen MR) is 98.7 cm³/mol. The van der Waals surface area contributed by atoms with Crippen molar-refractivity contribution in [1.82, 2.24) is 4.90 Å². The lowest BCUT2D eigenvalue weighted by atomic mass is 9.68. The standard InChI is InChI=1S/C21H31NO3/c1-16(2)19-14-21(8-11-25-19,18-6-4-17(3)5-7-18)15-20(23)22-9-12-24-13-10-22/h4-7,16,19H,8-15H2,1-3H3/t19-,21+/m1/s1. The summed E-state index contributed by atoms with van der Waals surface area (Å²) in [6.45, 7) is 9.99. The fourth-order valence-corrected chi connectivity index (χ4v) is 4.03. The van der Waals surface area contributed by atoms with Crippen LogP contribution in [0.15, 0.2) is 24.3 Å². The first-order chi connectivity index (χ1) is 12.0. The van der Waals surface area contributed by atoms with Gasteiger partial charge >= 0.3 is 0 Å². The van der Waals surface area contributed by atoms with Gasteiger partial charge in [-0.25, -0.2) is 0 Å². The molecule has 2 saturated heterocycles. The molecule has 0 spiro atoms. The third-order valence-electron chi connectivity index (χ3n) is 5.77. The Labute approximate surface area is 151 Å². The van der Waals surface area contributed by atoms with Gasteiger partial charge in [-0.3, -0.25) is 4.79 Å². The van der Waals surface area contributed by atoms with E-state index in [0.717, 1.165) is 19.4 Å². The van der Waals surface area contributed by atoms with Crippen molar-refractivity contribution in [3.8, 4) is 0 Å². The molecule has 25 heavy (non-hydrogen) atoms. The monoisotopic (exact) mass is 345 g/mol. The topological polar surface area (TPSA) is 38.8 Å². The van der Waals surface area contributed by atoms with Gasteiger partial charge in [0.1, 0.15) is 0 Å². The molecule has 2 heterocycles. The summed E-state index contributed by atoms with van der Waals surface area (Å²) in [7, 11) is 0. The molecule has 0 aliphatic carbocycles. The van der Waals surface area contributed by atoms with E-state index in [4.69, 9.17) is 9.47 Å². The van der Waals surface area contributed by atoms with Crippen molar-refractivity contribution in [2.75, 3.05) is 32.9 Å². The Balaban J connectivity index is 1.85. The highest BCUT2D eigenvalue weighted by Crippen LogP contribution is 2.42. The minimum Gasteiger partial charge on any atom is -0.378 e. The Bertz CT molecular complexity index is 577. The number of hydrogen-bond donors (Lipinski definition) is 0. The average molecular weight is 345 g/mol. The van der Waals surface area contributed by atoms with E-state index in [9.17, 15) is 4.79 Å². The molecule has 1 aromatic carbocycles. The SMILES string of the molecule is Cc1ccc([C@@]2(CC(=O)N3CCOCC3)CCO[C@@H](C(C)C)C2)cc1. The third kappa shape index (κ3) is 4.24. The summed E-state index contributed by atoms with van der Waals surface area (Å²) in [5.74, 6) is 0.719. The van der Waals surface area contributed by atoms with E-state index in [2.05, 4.69) is 45.0 Å². The number of carbonyl (C=O) groups excluding carboxylic acids is 1. The lowest BCUT2D eigenvalue weighted by molar-refractivity contribution is -0.138. The molecule has 0 N–H and O–H groups in total. The van der Waals surface area contributed by atoms with Gasteiger partial charge in [0, 0.05) is 31.5 Å². The van der Waals surface area contributed by atoms with Crippen LogP contribution in [0.2, 0.25) is 0 Å². The van der Waals surface area contributed by atoms with Gasteiger partial charge in [0.2, 0.25) is 5.91 Å². The van der Waals surface area contributed by atoms with Crippen LogP contribution in [0.4, 0.5) is 0 Å². The molecule has 2 aliphatic rings. The van der Waals surface area contributed by atoms with E-state index in [0.29, 0.717) is 38.6 Å². The molecule has 1 amide bonds. The van der Waals surface area contributed by atoms with Crippen LogP contribution in [0.5, 0.6) is 0 Å². The number of hydrogen-bond acceptors (Lipinski definition) is 3. The van der Waals surface area contributed by atoms with E-state index < -0.39 is 0 Å². The van der Waals surface area contributed by atoms with Gasteiger partial charge < -0.3 is 14.4 Å². The van der Waals surface area contributed by atoms with Crippen LogP contribution in [0, 0.1) is 12.8 Å². The van der Waals surface area contributed by atoms with Crippen LogP contribution in [-0.4, -0.2) is 49.8 Å². The van der Waals surface area contributed by atoms with Crippen LogP contribution < -0.4 is 0 Å². The van der Waals surface area contributed by atoms with Crippen molar-refractivity contribution in [2.45, 2.75) is 51.6 Å². The Morgan fingerprint density at radius 2 is 1.88 bits per heavy atom. The Morgan fingerprint density at radius 3 is 2.52 bits per heavy atom. The van der Waals surface area contributed by atoms with Crippen molar-refractivity contribution in [1.29, 1.82) is 0 Å². The van der Waals surface area contributed by atoms with Gasteiger partial charge in [0.05, 0.1) is 19.3 Å². The first kappa shape index (κ1) is 18.4. The van der Waals surface area contributed by atoms with Crippen molar-refractivity contribution >= 4 is 5.91 Å². The molecule has 4 heteroatoms. The molecule has 1 aromatic rings. The molecule has 2 aliphatic heterocycles. The number of benzene rings is 1. The van der Waals surface area contributed by atoms with Gasteiger partial charge in [0.25, 0.3) is 0 Å². The van der Waals surface area contributed by atoms with Gasteiger partial charge in [-0.2, -0.15) is 0 Å². The molecule has 3 rings (SSSR count). The number of amides is 1. The maximum Gasteiger partial charge on any atom is 0.223 e. The van der Waals surface area contributed by atoms with Crippen molar-refractivity contribution in [2.24, 2.45) is 5.92 Å². The van der Waals surface area contributed by atoms with Crippen LogP contribution in [0.1, 0.15) is 44.2 Å². The second-order valence-corrected chi connectivity index (χ2v) is 7.92. The molecule has 4 nitrogen and oxygen atoms in total. The molecule has 0 saturated carbocycles. The predicted octanol–water partition coefficient (Wildman–Crippen LogP) is 3.32. The second kappa shape index (κ2) is 7.88. The quantitative estimate of drug-likeness (QED) is 0.840. The Morgan fingerprint density at radius 1 is 1.20 bits per heavy atom. The summed E-state index contributed by atoms with van der Waals surface area (Å²) in [4.78, 5) is 15.0. The van der Waals surface area contributed by atoms with Crippen LogP contribution in [0.3, 0.4) is 0 Å². The number of carbonyl (C=O) groups is 1. The van der Waals surface area contributed by atoms with Crippen LogP contribution >= 0.6 is 0 Å². The van der Waals surface area contributed by atoms with Gasteiger partial charge in [-0.05, 0) is 31.2 Å². The van der Waals surface area contributed by atoms with Crippen molar-refractivity contribution < 1.29 is 14.3 Å². The summed E-state index contributed by atoms with van der Waals surface area (Å²) in [5.41, 5.74) is 2.43. The molecule has 138 valence electrons. The van der Waals surface area contributed by atoms with E-state index in [1.807, 2.05) is 4.90 Å². The van der Waals surface area contributed by atoms with E-state index in [1.54, 1.807) is 0 Å². The smallest absolute Gasteiger partial charge is 0.223 e. The molecule has 2 fully saturated rings. The zero-order valence-electron chi connectivity index (χ0n) is 15.8. The maximum absolute atomic E-state index is 13.0. The highest BCUT2D eigenvalue weighted by molar-refractivity contribution is 5.78. The Kier molecular flexibility index (Phi) is 5.80. The highest BCUT2D eigenvalue weighted by atomic mass is 16.5. The summed E-state index contributed by atoms with van der Waals surface area (Å²) in [5, 5.41) is 0. The third-order valence-corrected chi connectivity index (χ3v) is 5.77. The number of rotatable bonds is 4. The summed E-state index contributed by atoms with van der Waals surface area (Å²) in [6.07, 6.45) is 2.62. The fourth-order valence-electron chi connectivity index (χ4n) is 4.03. The lowest BCUT2D eigenvalue weighted by Gasteiger charge is -2.43. The zero-order chi connectivity index (χ0) is 17.9. The van der Waals surface area contributed by atoms with Crippen molar-refractivity contribution in [3.63, 3.8) is 0 Å². The van der Waals surface area contributed by atoms with E-state index in [1.165, 1.54) is 11.1 Å². The van der Waals surface area contributed by atoms with Crippen molar-refractivity contribution in [3.05, 3.63) is 35.4 Å².